The highest BCUT2D eigenvalue weighted by atomic mass is 16.7. The number of nitrogens with one attached hydrogen (secondary N) is 2. The van der Waals surface area contributed by atoms with Gasteiger partial charge in [-0.05, 0) is 33.6 Å². The van der Waals surface area contributed by atoms with Crippen LogP contribution >= 0.6 is 0 Å². The Labute approximate surface area is 218 Å². The number of rotatable bonds is 16. The molecule has 1 rings (SSSR count). The molecule has 1 fully saturated rings. The van der Waals surface area contributed by atoms with Gasteiger partial charge in [-0.2, -0.15) is 0 Å². The van der Waals surface area contributed by atoms with Gasteiger partial charge in [0.15, 0.2) is 5.79 Å². The summed E-state index contributed by atoms with van der Waals surface area (Å²) in [5.74, 6) is -2.33. The van der Waals surface area contributed by atoms with Gasteiger partial charge >= 0.3 is 5.97 Å². The summed E-state index contributed by atoms with van der Waals surface area (Å²) < 4.78 is 11.5. The monoisotopic (exact) mass is 512 g/mol. The molecular formula is C28H52N2O6. The first kappa shape index (κ1) is 32.4. The predicted octanol–water partition coefficient (Wildman–Crippen LogP) is 5.04. The molecule has 0 aromatic heterocycles. The molecule has 0 aromatic rings. The van der Waals surface area contributed by atoms with Gasteiger partial charge in [0.25, 0.3) is 0 Å². The van der Waals surface area contributed by atoms with E-state index in [4.69, 9.17) is 9.47 Å². The molecule has 3 N–H and O–H groups in total. The van der Waals surface area contributed by atoms with E-state index in [2.05, 4.69) is 17.6 Å². The van der Waals surface area contributed by atoms with Crippen molar-refractivity contribution in [3.63, 3.8) is 0 Å². The second-order valence-corrected chi connectivity index (χ2v) is 12.5. The fourth-order valence-corrected chi connectivity index (χ4v) is 4.30. The Morgan fingerprint density at radius 3 is 2.08 bits per heavy atom. The molecule has 0 aliphatic carbocycles. The second-order valence-electron chi connectivity index (χ2n) is 12.5. The number of hydrogen-bond donors (Lipinski definition) is 3. The molecule has 210 valence electrons. The second kappa shape index (κ2) is 13.8. The third-order valence-electron chi connectivity index (χ3n) is 7.29. The minimum atomic E-state index is -1.23. The van der Waals surface area contributed by atoms with Crippen LogP contribution in [0.2, 0.25) is 0 Å². The lowest BCUT2D eigenvalue weighted by Crippen LogP contribution is -2.57. The number of amides is 2. The van der Waals surface area contributed by atoms with Crippen LogP contribution in [0.25, 0.3) is 0 Å². The van der Waals surface area contributed by atoms with Crippen molar-refractivity contribution in [2.24, 2.45) is 16.2 Å². The zero-order valence-electron chi connectivity index (χ0n) is 24.1. The molecular weight excluding hydrogens is 460 g/mol. The van der Waals surface area contributed by atoms with E-state index in [0.717, 1.165) is 19.3 Å². The summed E-state index contributed by atoms with van der Waals surface area (Å²) in [5, 5.41) is 15.6. The van der Waals surface area contributed by atoms with Crippen LogP contribution < -0.4 is 10.6 Å². The van der Waals surface area contributed by atoms with E-state index in [-0.39, 0.29) is 31.3 Å². The summed E-state index contributed by atoms with van der Waals surface area (Å²) in [4.78, 5) is 37.8. The molecule has 1 aliphatic rings. The largest absolute Gasteiger partial charge is 0.481 e. The topological polar surface area (TPSA) is 114 Å². The van der Waals surface area contributed by atoms with Gasteiger partial charge in [0.05, 0.1) is 12.0 Å². The van der Waals surface area contributed by atoms with Crippen LogP contribution in [-0.4, -0.2) is 54.5 Å². The molecule has 2 atom stereocenters. The summed E-state index contributed by atoms with van der Waals surface area (Å²) in [6.45, 7) is 15.5. The van der Waals surface area contributed by atoms with Gasteiger partial charge in [0.2, 0.25) is 11.8 Å². The van der Waals surface area contributed by atoms with Gasteiger partial charge in [0, 0.05) is 23.9 Å². The highest BCUT2D eigenvalue weighted by Gasteiger charge is 2.46. The first-order valence-corrected chi connectivity index (χ1v) is 13.7. The zero-order valence-corrected chi connectivity index (χ0v) is 24.1. The number of carbonyl (C=O) groups is 3. The quantitative estimate of drug-likeness (QED) is 0.250. The van der Waals surface area contributed by atoms with Crippen molar-refractivity contribution in [3.05, 3.63) is 0 Å². The molecule has 0 saturated carbocycles. The summed E-state index contributed by atoms with van der Waals surface area (Å²) in [6.07, 6.45) is 8.63. The van der Waals surface area contributed by atoms with Crippen molar-refractivity contribution in [1.82, 2.24) is 10.6 Å². The fourth-order valence-electron chi connectivity index (χ4n) is 4.30. The predicted molar refractivity (Wildman–Crippen MR) is 141 cm³/mol. The molecule has 36 heavy (non-hydrogen) atoms. The van der Waals surface area contributed by atoms with E-state index < -0.39 is 34.1 Å². The Morgan fingerprint density at radius 2 is 1.50 bits per heavy atom. The van der Waals surface area contributed by atoms with Gasteiger partial charge in [-0.25, -0.2) is 0 Å². The standard InChI is InChI=1S/C28H52N2O6/c1-9-10-11-12-13-14-15-16-25(2,3)23(32)29-18-17-28(8,24(33)34)19-30-22(31)21-26(4,5)20-35-27(6,7)36-21/h21H,9-20H2,1-8H3,(H,29,32)(H,30,31)(H,33,34). The van der Waals surface area contributed by atoms with Gasteiger partial charge < -0.3 is 25.2 Å². The molecule has 2 unspecified atom stereocenters. The van der Waals surface area contributed by atoms with Crippen molar-refractivity contribution >= 4 is 17.8 Å². The van der Waals surface area contributed by atoms with Crippen molar-refractivity contribution < 1.29 is 29.0 Å². The normalized spacial score (nSPS) is 20.8. The zero-order chi connectivity index (χ0) is 27.6. The lowest BCUT2D eigenvalue weighted by molar-refractivity contribution is -0.304. The Balaban J connectivity index is 2.54. The summed E-state index contributed by atoms with van der Waals surface area (Å²) in [6, 6.07) is 0. The van der Waals surface area contributed by atoms with Crippen LogP contribution in [0.1, 0.15) is 113 Å². The average Bonchev–Trinajstić information content (AvgIpc) is 2.78. The van der Waals surface area contributed by atoms with Crippen molar-refractivity contribution in [2.75, 3.05) is 19.7 Å². The average molecular weight is 513 g/mol. The van der Waals surface area contributed by atoms with Crippen molar-refractivity contribution in [2.45, 2.75) is 125 Å². The van der Waals surface area contributed by atoms with Gasteiger partial charge in [0.1, 0.15) is 6.10 Å². The van der Waals surface area contributed by atoms with Gasteiger partial charge in [-0.3, -0.25) is 14.4 Å². The fraction of sp³-hybridized carbons (Fsp3) is 0.893. The molecule has 1 saturated heterocycles. The van der Waals surface area contributed by atoms with E-state index in [0.29, 0.717) is 6.61 Å². The maximum atomic E-state index is 12.9. The van der Waals surface area contributed by atoms with Crippen molar-refractivity contribution in [3.8, 4) is 0 Å². The Hall–Kier alpha value is -1.67. The maximum Gasteiger partial charge on any atom is 0.311 e. The van der Waals surface area contributed by atoms with Crippen LogP contribution in [0.3, 0.4) is 0 Å². The van der Waals surface area contributed by atoms with Crippen LogP contribution in [0, 0.1) is 16.2 Å². The third kappa shape index (κ3) is 10.4. The molecule has 2 amide bonds. The SMILES string of the molecule is CCCCCCCCCC(C)(C)C(=O)NCCC(C)(CNC(=O)C1OC(C)(C)OCC1(C)C)C(=O)O. The highest BCUT2D eigenvalue weighted by molar-refractivity contribution is 5.83. The third-order valence-corrected chi connectivity index (χ3v) is 7.29. The number of unbranched alkanes of at least 4 members (excludes halogenated alkanes) is 6. The van der Waals surface area contributed by atoms with E-state index >= 15 is 0 Å². The molecule has 8 heteroatoms. The smallest absolute Gasteiger partial charge is 0.311 e. The van der Waals surface area contributed by atoms with Crippen LogP contribution in [0.15, 0.2) is 0 Å². The number of aliphatic carboxylic acids is 1. The van der Waals surface area contributed by atoms with E-state index in [9.17, 15) is 19.5 Å². The molecule has 1 heterocycles. The van der Waals surface area contributed by atoms with Gasteiger partial charge in [-0.1, -0.05) is 79.6 Å². The number of hydrogen-bond acceptors (Lipinski definition) is 5. The van der Waals surface area contributed by atoms with Crippen molar-refractivity contribution in [1.29, 1.82) is 0 Å². The molecule has 0 radical (unpaired) electrons. The number of ether oxygens (including phenoxy) is 2. The Kier molecular flexibility index (Phi) is 12.4. The molecule has 8 nitrogen and oxygen atoms in total. The first-order valence-electron chi connectivity index (χ1n) is 13.7. The number of carbonyl (C=O) groups excluding carboxylic acids is 2. The van der Waals surface area contributed by atoms with Crippen LogP contribution in [-0.2, 0) is 23.9 Å². The lowest BCUT2D eigenvalue weighted by Gasteiger charge is -2.45. The molecule has 0 spiro atoms. The summed E-state index contributed by atoms with van der Waals surface area (Å²) >= 11 is 0. The molecule has 0 aromatic carbocycles. The van der Waals surface area contributed by atoms with Gasteiger partial charge in [-0.15, -0.1) is 0 Å². The molecule has 0 bridgehead atoms. The lowest BCUT2D eigenvalue weighted by atomic mass is 9.83. The van der Waals surface area contributed by atoms with Crippen LogP contribution in [0.4, 0.5) is 0 Å². The minimum Gasteiger partial charge on any atom is -0.481 e. The van der Waals surface area contributed by atoms with E-state index in [1.54, 1.807) is 20.8 Å². The molecule has 1 aliphatic heterocycles. The summed E-state index contributed by atoms with van der Waals surface area (Å²) in [5.41, 5.74) is -2.28. The Morgan fingerprint density at radius 1 is 0.917 bits per heavy atom. The summed E-state index contributed by atoms with van der Waals surface area (Å²) in [7, 11) is 0. The number of carboxylic acids is 1. The highest BCUT2D eigenvalue weighted by Crippen LogP contribution is 2.35. The van der Waals surface area contributed by atoms with E-state index in [1.807, 2.05) is 27.7 Å². The van der Waals surface area contributed by atoms with Crippen LogP contribution in [0.5, 0.6) is 0 Å². The Bertz CT molecular complexity index is 734. The van der Waals surface area contributed by atoms with E-state index in [1.165, 1.54) is 32.1 Å². The minimum absolute atomic E-state index is 0.0598. The maximum absolute atomic E-state index is 12.9. The number of carboxylic acid groups (broad SMARTS) is 1. The first-order chi connectivity index (χ1) is 16.6.